The Bertz CT molecular complexity index is 1470. The first-order chi connectivity index (χ1) is 17.9. The van der Waals surface area contributed by atoms with Gasteiger partial charge in [0.25, 0.3) is 0 Å². The van der Waals surface area contributed by atoms with Crippen molar-refractivity contribution in [2.45, 2.75) is 25.9 Å². The summed E-state index contributed by atoms with van der Waals surface area (Å²) in [5.41, 5.74) is 4.00. The normalized spacial score (nSPS) is 17.0. The van der Waals surface area contributed by atoms with E-state index in [9.17, 15) is 4.79 Å². The van der Waals surface area contributed by atoms with Gasteiger partial charge in [-0.2, -0.15) is 0 Å². The predicted octanol–water partition coefficient (Wildman–Crippen LogP) is 6.45. The summed E-state index contributed by atoms with van der Waals surface area (Å²) >= 11 is 12.2. The highest BCUT2D eigenvalue weighted by atomic mass is 35.5. The molecule has 1 aliphatic rings. The number of hydrogen-bond donors (Lipinski definition) is 2. The summed E-state index contributed by atoms with van der Waals surface area (Å²) in [4.78, 5) is 18.4. The van der Waals surface area contributed by atoms with E-state index in [1.807, 2.05) is 72.5 Å². The van der Waals surface area contributed by atoms with Gasteiger partial charge in [-0.05, 0) is 73.2 Å². The van der Waals surface area contributed by atoms with E-state index in [4.69, 9.17) is 33.0 Å². The number of rotatable bonds is 6. The molecule has 2 N–H and O–H groups in total. The molecular weight excluding hydrogens is 508 g/mol. The molecule has 0 saturated carbocycles. The minimum atomic E-state index is -0.353. The zero-order valence-electron chi connectivity index (χ0n) is 20.5. The van der Waals surface area contributed by atoms with Gasteiger partial charge in [0, 0.05) is 29.4 Å². The number of nitrogens with one attached hydrogen (secondary N) is 2. The SMILES string of the molecule is COc1ccc(N2C(=S)N[C@@H](c3ccccn3)[C@@H]2c2ccc(-c3cccc(Cl)c3C)o2)cc1NC(C)=O. The molecule has 3 heterocycles. The first kappa shape index (κ1) is 24.8. The minimum absolute atomic E-state index is 0.201. The first-order valence-corrected chi connectivity index (χ1v) is 12.5. The highest BCUT2D eigenvalue weighted by Crippen LogP contribution is 2.44. The fraction of sp³-hybridized carbons (Fsp3) is 0.179. The van der Waals surface area contributed by atoms with Gasteiger partial charge in [0.2, 0.25) is 5.91 Å². The van der Waals surface area contributed by atoms with Gasteiger partial charge in [-0.1, -0.05) is 29.8 Å². The molecule has 9 heteroatoms. The molecule has 5 rings (SSSR count). The van der Waals surface area contributed by atoms with Gasteiger partial charge in [-0.25, -0.2) is 0 Å². The van der Waals surface area contributed by atoms with Crippen LogP contribution in [0.15, 0.2) is 77.3 Å². The van der Waals surface area contributed by atoms with Crippen LogP contribution >= 0.6 is 23.8 Å². The molecule has 0 radical (unpaired) electrons. The van der Waals surface area contributed by atoms with Crippen LogP contribution in [0.4, 0.5) is 11.4 Å². The van der Waals surface area contributed by atoms with E-state index in [1.54, 1.807) is 19.4 Å². The average molecular weight is 533 g/mol. The van der Waals surface area contributed by atoms with Crippen LogP contribution in [-0.4, -0.2) is 23.1 Å². The third-order valence-corrected chi connectivity index (χ3v) is 7.05. The summed E-state index contributed by atoms with van der Waals surface area (Å²) in [5.74, 6) is 1.76. The molecular formula is C28H25ClN4O3S. The maximum Gasteiger partial charge on any atom is 0.221 e. The largest absolute Gasteiger partial charge is 0.495 e. The summed E-state index contributed by atoms with van der Waals surface area (Å²) in [5, 5.41) is 7.44. The lowest BCUT2D eigenvalue weighted by Gasteiger charge is -2.27. The molecule has 37 heavy (non-hydrogen) atoms. The first-order valence-electron chi connectivity index (χ1n) is 11.7. The summed E-state index contributed by atoms with van der Waals surface area (Å²) in [6, 6.07) is 20.3. The molecule has 0 aliphatic carbocycles. The van der Waals surface area contributed by atoms with E-state index in [2.05, 4.69) is 15.6 Å². The molecule has 0 bridgehead atoms. The molecule has 2 atom stereocenters. The van der Waals surface area contributed by atoms with Crippen molar-refractivity contribution < 1.29 is 13.9 Å². The van der Waals surface area contributed by atoms with E-state index >= 15 is 0 Å². The number of carbonyl (C=O) groups excluding carboxylic acids is 1. The number of methoxy groups -OCH3 is 1. The van der Waals surface area contributed by atoms with E-state index in [1.165, 1.54) is 6.92 Å². The average Bonchev–Trinajstić information content (AvgIpc) is 3.50. The van der Waals surface area contributed by atoms with E-state index in [0.717, 1.165) is 22.5 Å². The smallest absolute Gasteiger partial charge is 0.221 e. The summed E-state index contributed by atoms with van der Waals surface area (Å²) < 4.78 is 11.9. The highest BCUT2D eigenvalue weighted by molar-refractivity contribution is 7.80. The zero-order chi connectivity index (χ0) is 26.1. The number of anilines is 2. The van der Waals surface area contributed by atoms with Crippen LogP contribution in [0.25, 0.3) is 11.3 Å². The lowest BCUT2D eigenvalue weighted by Crippen LogP contribution is -2.29. The van der Waals surface area contributed by atoms with Crippen molar-refractivity contribution in [1.29, 1.82) is 0 Å². The summed E-state index contributed by atoms with van der Waals surface area (Å²) in [7, 11) is 1.56. The Morgan fingerprint density at radius 2 is 2.00 bits per heavy atom. The lowest BCUT2D eigenvalue weighted by atomic mass is 10.0. The Morgan fingerprint density at radius 3 is 2.73 bits per heavy atom. The second kappa shape index (κ2) is 10.2. The van der Waals surface area contributed by atoms with Crippen molar-refractivity contribution in [1.82, 2.24) is 10.3 Å². The molecule has 2 aromatic carbocycles. The number of amides is 1. The van der Waals surface area contributed by atoms with Gasteiger partial charge in [-0.3, -0.25) is 9.78 Å². The number of carbonyl (C=O) groups is 1. The maximum atomic E-state index is 11.8. The third kappa shape index (κ3) is 4.77. The number of aromatic nitrogens is 1. The van der Waals surface area contributed by atoms with Gasteiger partial charge in [-0.15, -0.1) is 0 Å². The van der Waals surface area contributed by atoms with E-state index < -0.39 is 0 Å². The van der Waals surface area contributed by atoms with E-state index in [0.29, 0.717) is 33.1 Å². The van der Waals surface area contributed by atoms with Crippen molar-refractivity contribution in [3.63, 3.8) is 0 Å². The Hall–Kier alpha value is -3.88. The molecule has 7 nitrogen and oxygen atoms in total. The Labute approximate surface area is 225 Å². The molecule has 2 aromatic heterocycles. The number of thiocarbonyl (C=S) groups is 1. The quantitative estimate of drug-likeness (QED) is 0.276. The summed E-state index contributed by atoms with van der Waals surface area (Å²) in [6.07, 6.45) is 1.75. The number of benzene rings is 2. The van der Waals surface area contributed by atoms with Gasteiger partial charge >= 0.3 is 0 Å². The molecule has 1 aliphatic heterocycles. The van der Waals surface area contributed by atoms with Gasteiger partial charge in [0.1, 0.15) is 23.3 Å². The molecule has 1 saturated heterocycles. The van der Waals surface area contributed by atoms with Crippen molar-refractivity contribution in [3.05, 3.63) is 95.0 Å². The number of nitrogens with zero attached hydrogens (tertiary/aromatic N) is 2. The fourth-order valence-corrected chi connectivity index (χ4v) is 5.11. The Kier molecular flexibility index (Phi) is 6.86. The molecule has 0 spiro atoms. The zero-order valence-corrected chi connectivity index (χ0v) is 22.1. The fourth-order valence-electron chi connectivity index (χ4n) is 4.59. The highest BCUT2D eigenvalue weighted by Gasteiger charge is 2.42. The van der Waals surface area contributed by atoms with Crippen molar-refractivity contribution in [2.75, 3.05) is 17.3 Å². The van der Waals surface area contributed by atoms with Crippen LogP contribution in [0.5, 0.6) is 5.75 Å². The van der Waals surface area contributed by atoms with Crippen LogP contribution < -0.4 is 20.3 Å². The monoisotopic (exact) mass is 532 g/mol. The number of halogens is 1. The van der Waals surface area contributed by atoms with Crippen molar-refractivity contribution in [2.24, 2.45) is 0 Å². The maximum absolute atomic E-state index is 11.8. The number of furan rings is 1. The van der Waals surface area contributed by atoms with Gasteiger partial charge < -0.3 is 24.7 Å². The van der Waals surface area contributed by atoms with Crippen molar-refractivity contribution in [3.8, 4) is 17.1 Å². The van der Waals surface area contributed by atoms with Crippen molar-refractivity contribution >= 4 is 46.2 Å². The lowest BCUT2D eigenvalue weighted by molar-refractivity contribution is -0.114. The van der Waals surface area contributed by atoms with Crippen LogP contribution in [0.3, 0.4) is 0 Å². The molecule has 188 valence electrons. The van der Waals surface area contributed by atoms with Gasteiger partial charge in [0.05, 0.1) is 24.5 Å². The molecule has 4 aromatic rings. The topological polar surface area (TPSA) is 79.6 Å². The predicted molar refractivity (Wildman–Crippen MR) is 149 cm³/mol. The van der Waals surface area contributed by atoms with Crippen LogP contribution in [0.1, 0.15) is 36.0 Å². The number of ether oxygens (including phenoxy) is 1. The van der Waals surface area contributed by atoms with Crippen LogP contribution in [0, 0.1) is 6.92 Å². The summed E-state index contributed by atoms with van der Waals surface area (Å²) in [6.45, 7) is 3.42. The third-order valence-electron chi connectivity index (χ3n) is 6.32. The molecule has 1 amide bonds. The van der Waals surface area contributed by atoms with Gasteiger partial charge in [0.15, 0.2) is 5.11 Å². The second-order valence-electron chi connectivity index (χ2n) is 8.68. The Balaban J connectivity index is 1.62. The standard InChI is InChI=1S/C28H25ClN4O3S/c1-16-19(7-6-8-20(16)29)23-12-13-25(36-23)27-26(21-9-4-5-14-30-21)32-28(37)33(27)18-10-11-24(35-3)22(15-18)31-17(2)34/h4-15,26-27H,1-3H3,(H,31,34)(H,32,37)/t26-,27-/m0/s1. The minimum Gasteiger partial charge on any atom is -0.495 e. The second-order valence-corrected chi connectivity index (χ2v) is 9.47. The van der Waals surface area contributed by atoms with Crippen LogP contribution in [-0.2, 0) is 4.79 Å². The van der Waals surface area contributed by atoms with Crippen LogP contribution in [0.2, 0.25) is 5.02 Å². The number of pyridine rings is 1. The molecule has 1 fully saturated rings. The Morgan fingerprint density at radius 1 is 1.16 bits per heavy atom. The molecule has 0 unspecified atom stereocenters. The number of hydrogen-bond acceptors (Lipinski definition) is 5. The van der Waals surface area contributed by atoms with E-state index in [-0.39, 0.29) is 18.0 Å².